The van der Waals surface area contributed by atoms with Crippen molar-refractivity contribution in [3.8, 4) is 0 Å². The Morgan fingerprint density at radius 3 is 2.67 bits per heavy atom. The number of aromatic nitrogens is 3. The second kappa shape index (κ2) is 5.60. The zero-order valence-electron chi connectivity index (χ0n) is 11.3. The monoisotopic (exact) mass is 273 g/mol. The van der Waals surface area contributed by atoms with Gasteiger partial charge in [0.15, 0.2) is 5.16 Å². The highest BCUT2D eigenvalue weighted by molar-refractivity contribution is 7.99. The van der Waals surface area contributed by atoms with Crippen molar-refractivity contribution >= 4 is 17.7 Å². The molecule has 0 spiro atoms. The number of ether oxygens (including phenoxy) is 1. The van der Waals surface area contributed by atoms with Crippen LogP contribution in [0.1, 0.15) is 33.7 Å². The Balaban J connectivity index is 2.81. The maximum Gasteiger partial charge on any atom is 0.344 e. The molecule has 1 heterocycles. The molecule has 0 aliphatic rings. The Labute approximate surface area is 110 Å². The quantitative estimate of drug-likeness (QED) is 0.649. The third kappa shape index (κ3) is 3.16. The van der Waals surface area contributed by atoms with E-state index in [1.54, 1.807) is 18.4 Å². The number of thioether (sulfide) groups is 1. The summed E-state index contributed by atoms with van der Waals surface area (Å²) in [6.07, 6.45) is 0. The Hall–Kier alpha value is -1.24. The first-order valence-electron chi connectivity index (χ1n) is 5.67. The van der Waals surface area contributed by atoms with E-state index < -0.39 is 5.41 Å². The van der Waals surface area contributed by atoms with Gasteiger partial charge in [0.05, 0.1) is 12.5 Å². The molecule has 1 rings (SSSR count). The van der Waals surface area contributed by atoms with Gasteiger partial charge in [0.1, 0.15) is 0 Å². The molecule has 0 aliphatic carbocycles. The number of aromatic amines is 1. The molecule has 0 fully saturated rings. The summed E-state index contributed by atoms with van der Waals surface area (Å²) in [5, 5.41) is 6.97. The number of hydrogen-bond acceptors (Lipinski definition) is 5. The van der Waals surface area contributed by atoms with Gasteiger partial charge in [-0.25, -0.2) is 9.89 Å². The van der Waals surface area contributed by atoms with E-state index in [-0.39, 0.29) is 17.7 Å². The molecule has 102 valence electrons. The maximum atomic E-state index is 11.5. The first-order chi connectivity index (χ1) is 8.29. The smallest absolute Gasteiger partial charge is 0.344 e. The van der Waals surface area contributed by atoms with Crippen LogP contribution in [0.3, 0.4) is 0 Å². The number of carbonyl (C=O) groups excluding carboxylic acids is 1. The standard InChI is InChI=1S/C11H19N3O3S/c1-7(2)14-9(16)12-13-10(14)18-6-11(3,4)8(15)17-5/h7H,6H2,1-5H3,(H,12,16). The Bertz CT molecular complexity index is 476. The Morgan fingerprint density at radius 1 is 1.56 bits per heavy atom. The molecule has 1 aromatic rings. The van der Waals surface area contributed by atoms with Crippen molar-refractivity contribution in [2.24, 2.45) is 5.41 Å². The Morgan fingerprint density at radius 2 is 2.17 bits per heavy atom. The molecule has 18 heavy (non-hydrogen) atoms. The average Bonchev–Trinajstić information content (AvgIpc) is 2.66. The van der Waals surface area contributed by atoms with Crippen LogP contribution in [0.2, 0.25) is 0 Å². The van der Waals surface area contributed by atoms with Gasteiger partial charge in [-0.2, -0.15) is 0 Å². The van der Waals surface area contributed by atoms with Gasteiger partial charge in [-0.05, 0) is 27.7 Å². The van der Waals surface area contributed by atoms with Crippen molar-refractivity contribution in [3.63, 3.8) is 0 Å². The van der Waals surface area contributed by atoms with Crippen molar-refractivity contribution < 1.29 is 9.53 Å². The maximum absolute atomic E-state index is 11.5. The summed E-state index contributed by atoms with van der Waals surface area (Å²) in [5.41, 5.74) is -0.848. The molecule has 0 unspecified atom stereocenters. The summed E-state index contributed by atoms with van der Waals surface area (Å²) in [6, 6.07) is 0.0278. The van der Waals surface area contributed by atoms with Gasteiger partial charge >= 0.3 is 11.7 Å². The number of nitrogens with one attached hydrogen (secondary N) is 1. The lowest BCUT2D eigenvalue weighted by Gasteiger charge is -2.20. The van der Waals surface area contributed by atoms with Crippen LogP contribution < -0.4 is 5.69 Å². The minimum Gasteiger partial charge on any atom is -0.469 e. The predicted octanol–water partition coefficient (Wildman–Crippen LogP) is 1.44. The number of hydrogen-bond donors (Lipinski definition) is 1. The molecule has 0 amide bonds. The van der Waals surface area contributed by atoms with Gasteiger partial charge < -0.3 is 4.74 Å². The van der Waals surface area contributed by atoms with Crippen molar-refractivity contribution in [1.29, 1.82) is 0 Å². The third-order valence-electron chi connectivity index (χ3n) is 2.49. The third-order valence-corrected chi connectivity index (χ3v) is 3.90. The molecule has 0 bridgehead atoms. The molecule has 0 saturated heterocycles. The van der Waals surface area contributed by atoms with Crippen molar-refractivity contribution in [2.75, 3.05) is 12.9 Å². The Kier molecular flexibility index (Phi) is 4.61. The first-order valence-corrected chi connectivity index (χ1v) is 6.66. The number of rotatable bonds is 5. The summed E-state index contributed by atoms with van der Waals surface area (Å²) in [4.78, 5) is 23.1. The van der Waals surface area contributed by atoms with Crippen molar-refractivity contribution in [2.45, 2.75) is 38.9 Å². The molecule has 1 aromatic heterocycles. The summed E-state index contributed by atoms with van der Waals surface area (Å²) in [5.74, 6) is 0.223. The highest BCUT2D eigenvalue weighted by Gasteiger charge is 2.29. The molecule has 6 nitrogen and oxygen atoms in total. The average molecular weight is 273 g/mol. The van der Waals surface area contributed by atoms with Gasteiger partial charge in [0.25, 0.3) is 0 Å². The molecular weight excluding hydrogens is 254 g/mol. The van der Waals surface area contributed by atoms with Gasteiger partial charge in [-0.3, -0.25) is 9.36 Å². The molecule has 0 aromatic carbocycles. The molecule has 0 aliphatic heterocycles. The van der Waals surface area contributed by atoms with Gasteiger partial charge in [0.2, 0.25) is 0 Å². The second-order valence-electron chi connectivity index (χ2n) is 4.94. The van der Waals surface area contributed by atoms with E-state index in [9.17, 15) is 9.59 Å². The fourth-order valence-electron chi connectivity index (χ4n) is 1.43. The fraction of sp³-hybridized carbons (Fsp3) is 0.727. The van der Waals surface area contributed by atoms with Gasteiger partial charge in [0, 0.05) is 11.8 Å². The van der Waals surface area contributed by atoms with Crippen molar-refractivity contribution in [3.05, 3.63) is 10.5 Å². The van der Waals surface area contributed by atoms with Crippen LogP contribution in [0.5, 0.6) is 0 Å². The minimum absolute atomic E-state index is 0.0278. The second-order valence-corrected chi connectivity index (χ2v) is 5.88. The van der Waals surface area contributed by atoms with Crippen LogP contribution in [0.25, 0.3) is 0 Å². The van der Waals surface area contributed by atoms with Crippen LogP contribution >= 0.6 is 11.8 Å². The van der Waals surface area contributed by atoms with Crippen LogP contribution in [-0.2, 0) is 9.53 Å². The van der Waals surface area contributed by atoms with E-state index in [0.717, 1.165) is 0 Å². The number of methoxy groups -OCH3 is 1. The van der Waals surface area contributed by atoms with Gasteiger partial charge in [-0.1, -0.05) is 11.8 Å². The lowest BCUT2D eigenvalue weighted by Crippen LogP contribution is -2.28. The predicted molar refractivity (Wildman–Crippen MR) is 69.8 cm³/mol. The summed E-state index contributed by atoms with van der Waals surface area (Å²) >= 11 is 1.37. The number of nitrogens with zero attached hydrogens (tertiary/aromatic N) is 2. The van der Waals surface area contributed by atoms with E-state index in [1.807, 2.05) is 13.8 Å². The van der Waals surface area contributed by atoms with E-state index in [1.165, 1.54) is 18.9 Å². The van der Waals surface area contributed by atoms with Gasteiger partial charge in [-0.15, -0.1) is 5.10 Å². The van der Waals surface area contributed by atoms with E-state index >= 15 is 0 Å². The molecule has 0 atom stereocenters. The minimum atomic E-state index is -0.615. The zero-order valence-corrected chi connectivity index (χ0v) is 12.1. The molecule has 0 radical (unpaired) electrons. The topological polar surface area (TPSA) is 77.0 Å². The number of H-pyrrole nitrogens is 1. The van der Waals surface area contributed by atoms with Crippen LogP contribution in [0.4, 0.5) is 0 Å². The van der Waals surface area contributed by atoms with Crippen LogP contribution in [0, 0.1) is 5.41 Å². The lowest BCUT2D eigenvalue weighted by atomic mass is 9.97. The van der Waals surface area contributed by atoms with E-state index in [0.29, 0.717) is 10.9 Å². The van der Waals surface area contributed by atoms with E-state index in [2.05, 4.69) is 10.2 Å². The number of esters is 1. The summed E-state index contributed by atoms with van der Waals surface area (Å²) in [7, 11) is 1.37. The molecule has 7 heteroatoms. The molecule has 1 N–H and O–H groups in total. The largest absolute Gasteiger partial charge is 0.469 e. The summed E-state index contributed by atoms with van der Waals surface area (Å²) in [6.45, 7) is 7.42. The zero-order chi connectivity index (χ0) is 13.9. The number of carbonyl (C=O) groups is 1. The van der Waals surface area contributed by atoms with Crippen molar-refractivity contribution in [1.82, 2.24) is 14.8 Å². The van der Waals surface area contributed by atoms with Crippen LogP contribution in [-0.4, -0.2) is 33.6 Å². The fourth-order valence-corrected chi connectivity index (χ4v) is 2.58. The van der Waals surface area contributed by atoms with E-state index in [4.69, 9.17) is 4.74 Å². The SMILES string of the molecule is COC(=O)C(C)(C)CSc1n[nH]c(=O)n1C(C)C. The first kappa shape index (κ1) is 14.8. The summed E-state index contributed by atoms with van der Waals surface area (Å²) < 4.78 is 6.30. The molecule has 0 saturated carbocycles. The highest BCUT2D eigenvalue weighted by atomic mass is 32.2. The van der Waals surface area contributed by atoms with Crippen LogP contribution in [0.15, 0.2) is 9.95 Å². The molecular formula is C11H19N3O3S. The lowest BCUT2D eigenvalue weighted by molar-refractivity contribution is -0.149. The highest BCUT2D eigenvalue weighted by Crippen LogP contribution is 2.27. The normalized spacial score (nSPS) is 11.9.